The highest BCUT2D eigenvalue weighted by Crippen LogP contribution is 2.19. The summed E-state index contributed by atoms with van der Waals surface area (Å²) >= 11 is 1.26. The van der Waals surface area contributed by atoms with E-state index in [0.717, 1.165) is 19.5 Å². The molecule has 1 aromatic carbocycles. The Hall–Kier alpha value is -2.42. The van der Waals surface area contributed by atoms with E-state index in [2.05, 4.69) is 27.8 Å². The van der Waals surface area contributed by atoms with Gasteiger partial charge in [0.05, 0.1) is 5.75 Å². The zero-order chi connectivity index (χ0) is 18.5. The van der Waals surface area contributed by atoms with Crippen LogP contribution in [0, 0.1) is 5.92 Å². The zero-order valence-electron chi connectivity index (χ0n) is 14.9. The van der Waals surface area contributed by atoms with Gasteiger partial charge in [-0.3, -0.25) is 9.59 Å². The number of aromatic nitrogens is 4. The van der Waals surface area contributed by atoms with E-state index >= 15 is 0 Å². The fourth-order valence-corrected chi connectivity index (χ4v) is 3.57. The number of rotatable bonds is 5. The van der Waals surface area contributed by atoms with Crippen molar-refractivity contribution in [3.63, 3.8) is 0 Å². The smallest absolute Gasteiger partial charge is 0.253 e. The number of likely N-dealkylation sites (tertiary alicyclic amines) is 1. The second kappa shape index (κ2) is 8.31. The number of piperidine rings is 1. The van der Waals surface area contributed by atoms with Crippen LogP contribution in [0.25, 0.3) is 0 Å². The summed E-state index contributed by atoms with van der Waals surface area (Å²) in [4.78, 5) is 26.5. The van der Waals surface area contributed by atoms with E-state index in [1.54, 1.807) is 31.3 Å². The largest absolute Gasteiger partial charge is 0.338 e. The molecule has 138 valence electrons. The average Bonchev–Trinajstić information content (AvgIpc) is 3.05. The van der Waals surface area contributed by atoms with E-state index in [0.29, 0.717) is 22.3 Å². The second-order valence-electron chi connectivity index (χ2n) is 6.50. The fourth-order valence-electron chi connectivity index (χ4n) is 2.92. The van der Waals surface area contributed by atoms with E-state index in [9.17, 15) is 9.59 Å². The number of nitrogens with one attached hydrogen (secondary N) is 1. The molecule has 1 aromatic heterocycles. The molecule has 0 spiro atoms. The Bertz CT molecular complexity index is 776. The molecule has 2 aromatic rings. The fraction of sp³-hybridized carbons (Fsp3) is 0.471. The summed E-state index contributed by atoms with van der Waals surface area (Å²) in [5.41, 5.74) is 1.31. The number of hydrogen-bond donors (Lipinski definition) is 1. The van der Waals surface area contributed by atoms with Gasteiger partial charge in [-0.1, -0.05) is 18.7 Å². The molecule has 1 atom stereocenters. The van der Waals surface area contributed by atoms with Crippen LogP contribution in [0.5, 0.6) is 0 Å². The highest BCUT2D eigenvalue weighted by molar-refractivity contribution is 7.99. The monoisotopic (exact) mass is 374 g/mol. The van der Waals surface area contributed by atoms with Gasteiger partial charge in [-0.05, 0) is 53.5 Å². The highest BCUT2D eigenvalue weighted by atomic mass is 32.2. The van der Waals surface area contributed by atoms with E-state index < -0.39 is 0 Å². The number of thioether (sulfide) groups is 1. The number of amides is 2. The molecule has 0 unspecified atom stereocenters. The summed E-state index contributed by atoms with van der Waals surface area (Å²) in [6.07, 6.45) is 2.23. The van der Waals surface area contributed by atoms with Gasteiger partial charge >= 0.3 is 0 Å². The zero-order valence-corrected chi connectivity index (χ0v) is 15.7. The van der Waals surface area contributed by atoms with Crippen molar-refractivity contribution < 1.29 is 9.59 Å². The first-order valence-corrected chi connectivity index (χ1v) is 9.56. The molecule has 0 radical (unpaired) electrons. The molecule has 1 aliphatic rings. The van der Waals surface area contributed by atoms with E-state index in [4.69, 9.17) is 0 Å². The maximum absolute atomic E-state index is 12.6. The number of carbonyl (C=O) groups excluding carboxylic acids is 2. The Balaban J connectivity index is 1.53. The third-order valence-electron chi connectivity index (χ3n) is 4.27. The summed E-state index contributed by atoms with van der Waals surface area (Å²) < 4.78 is 1.51. The molecule has 2 heterocycles. The predicted octanol–water partition coefficient (Wildman–Crippen LogP) is 1.81. The lowest BCUT2D eigenvalue weighted by Crippen LogP contribution is -2.39. The Morgan fingerprint density at radius 3 is 2.73 bits per heavy atom. The van der Waals surface area contributed by atoms with Crippen molar-refractivity contribution in [2.45, 2.75) is 24.9 Å². The SMILES string of the molecule is C[C@H]1CCCN(C(=O)c2ccc(NC(=O)CSc3nnnn3C)cc2)C1. The van der Waals surface area contributed by atoms with Gasteiger partial charge in [-0.25, -0.2) is 4.68 Å². The van der Waals surface area contributed by atoms with Crippen LogP contribution in [0.2, 0.25) is 0 Å². The van der Waals surface area contributed by atoms with Crippen molar-refractivity contribution in [3.05, 3.63) is 29.8 Å². The van der Waals surface area contributed by atoms with Crippen LogP contribution in [-0.2, 0) is 11.8 Å². The van der Waals surface area contributed by atoms with Crippen LogP contribution in [0.1, 0.15) is 30.1 Å². The van der Waals surface area contributed by atoms with Gasteiger partial charge in [0.15, 0.2) is 0 Å². The molecular weight excluding hydrogens is 352 g/mol. The molecule has 3 rings (SSSR count). The lowest BCUT2D eigenvalue weighted by Gasteiger charge is -2.31. The van der Waals surface area contributed by atoms with Crippen molar-refractivity contribution in [2.75, 3.05) is 24.2 Å². The molecule has 8 nitrogen and oxygen atoms in total. The third-order valence-corrected chi connectivity index (χ3v) is 5.28. The van der Waals surface area contributed by atoms with Crippen LogP contribution in [0.3, 0.4) is 0 Å². The third kappa shape index (κ3) is 4.60. The molecule has 9 heteroatoms. The first-order valence-electron chi connectivity index (χ1n) is 8.57. The molecule has 1 fully saturated rings. The van der Waals surface area contributed by atoms with Gasteiger partial charge in [-0.2, -0.15) is 0 Å². The summed E-state index contributed by atoms with van der Waals surface area (Å²) in [5.74, 6) is 0.662. The lowest BCUT2D eigenvalue weighted by molar-refractivity contribution is -0.113. The molecule has 0 bridgehead atoms. The number of benzene rings is 1. The molecule has 1 aliphatic heterocycles. The minimum absolute atomic E-state index is 0.0553. The molecule has 1 N–H and O–H groups in total. The van der Waals surface area contributed by atoms with E-state index in [-0.39, 0.29) is 17.6 Å². The van der Waals surface area contributed by atoms with Gasteiger partial charge in [0, 0.05) is 31.4 Å². The number of tetrazole rings is 1. The van der Waals surface area contributed by atoms with Gasteiger partial charge in [0.25, 0.3) is 5.91 Å². The van der Waals surface area contributed by atoms with Crippen molar-refractivity contribution >= 4 is 29.3 Å². The second-order valence-corrected chi connectivity index (χ2v) is 7.44. The molecule has 26 heavy (non-hydrogen) atoms. The number of carbonyl (C=O) groups is 2. The standard InChI is InChI=1S/C17H22N6O2S/c1-12-4-3-9-23(10-12)16(25)13-5-7-14(8-6-13)18-15(24)11-26-17-19-20-21-22(17)2/h5-8,12H,3-4,9-11H2,1-2H3,(H,18,24)/t12-/m0/s1. The predicted molar refractivity (Wildman–Crippen MR) is 98.9 cm³/mol. The van der Waals surface area contributed by atoms with Crippen molar-refractivity contribution in [3.8, 4) is 0 Å². The number of aryl methyl sites for hydroxylation is 1. The van der Waals surface area contributed by atoms with Crippen LogP contribution in [0.15, 0.2) is 29.4 Å². The Morgan fingerprint density at radius 2 is 2.08 bits per heavy atom. The molecular formula is C17H22N6O2S. The minimum atomic E-state index is -0.151. The molecule has 0 saturated carbocycles. The lowest BCUT2D eigenvalue weighted by atomic mass is 9.99. The highest BCUT2D eigenvalue weighted by Gasteiger charge is 2.21. The van der Waals surface area contributed by atoms with Crippen LogP contribution in [-0.4, -0.2) is 55.8 Å². The van der Waals surface area contributed by atoms with Gasteiger partial charge in [-0.15, -0.1) is 5.10 Å². The quantitative estimate of drug-likeness (QED) is 0.803. The van der Waals surface area contributed by atoms with Gasteiger partial charge in [0.1, 0.15) is 0 Å². The molecule has 1 saturated heterocycles. The summed E-state index contributed by atoms with van der Waals surface area (Å²) in [7, 11) is 1.72. The van der Waals surface area contributed by atoms with Crippen LogP contribution in [0.4, 0.5) is 5.69 Å². The van der Waals surface area contributed by atoms with E-state index in [1.165, 1.54) is 22.9 Å². The minimum Gasteiger partial charge on any atom is -0.338 e. The van der Waals surface area contributed by atoms with Crippen LogP contribution < -0.4 is 5.32 Å². The van der Waals surface area contributed by atoms with E-state index in [1.807, 2.05) is 4.90 Å². The first-order chi connectivity index (χ1) is 12.5. The maximum atomic E-state index is 12.6. The summed E-state index contributed by atoms with van der Waals surface area (Å²) in [5, 5.41) is 14.5. The number of nitrogens with zero attached hydrogens (tertiary/aromatic N) is 5. The summed E-state index contributed by atoms with van der Waals surface area (Å²) in [6, 6.07) is 7.04. The van der Waals surface area contributed by atoms with Crippen molar-refractivity contribution in [1.29, 1.82) is 0 Å². The normalized spacial score (nSPS) is 17.2. The maximum Gasteiger partial charge on any atom is 0.253 e. The Kier molecular flexibility index (Phi) is 5.87. The van der Waals surface area contributed by atoms with Gasteiger partial charge < -0.3 is 10.2 Å². The molecule has 0 aliphatic carbocycles. The average molecular weight is 374 g/mol. The van der Waals surface area contributed by atoms with Crippen LogP contribution >= 0.6 is 11.8 Å². The van der Waals surface area contributed by atoms with Crippen molar-refractivity contribution in [1.82, 2.24) is 25.1 Å². The number of hydrogen-bond acceptors (Lipinski definition) is 6. The Morgan fingerprint density at radius 1 is 1.31 bits per heavy atom. The van der Waals surface area contributed by atoms with Gasteiger partial charge in [0.2, 0.25) is 11.1 Å². The van der Waals surface area contributed by atoms with Crippen molar-refractivity contribution in [2.24, 2.45) is 13.0 Å². The summed E-state index contributed by atoms with van der Waals surface area (Å²) in [6.45, 7) is 3.80. The topological polar surface area (TPSA) is 93.0 Å². The Labute approximate surface area is 156 Å². The molecule has 2 amide bonds. The number of anilines is 1. The first kappa shape index (κ1) is 18.4.